The molecule has 1 amide bonds. The molecular weight excluding hydrogens is 438 g/mol. The van der Waals surface area contributed by atoms with Crippen molar-refractivity contribution in [3.05, 3.63) is 89.1 Å². The molecule has 0 aliphatic heterocycles. The molecule has 3 rings (SSSR count). The van der Waals surface area contributed by atoms with Crippen LogP contribution >= 0.6 is 12.4 Å². The lowest BCUT2D eigenvalue weighted by molar-refractivity contribution is -0.133. The number of nitrogens with zero attached hydrogens (tertiary/aromatic N) is 1. The Hall–Kier alpha value is -3.36. The summed E-state index contributed by atoms with van der Waals surface area (Å²) in [6, 6.07) is 14.0. The molecule has 0 fully saturated rings. The third-order valence-electron chi connectivity index (χ3n) is 4.61. The average Bonchev–Trinajstić information content (AvgIpc) is 2.77. The van der Waals surface area contributed by atoms with Gasteiger partial charge in [-0.3, -0.25) is 15.2 Å². The number of nitrogen functional groups attached to an aromatic ring is 1. The van der Waals surface area contributed by atoms with E-state index < -0.39 is 29.2 Å². The summed E-state index contributed by atoms with van der Waals surface area (Å²) in [5.41, 5.74) is 6.94. The van der Waals surface area contributed by atoms with Crippen molar-refractivity contribution in [2.75, 3.05) is 6.61 Å². The normalized spacial score (nSPS) is 11.3. The Morgan fingerprint density at radius 2 is 1.81 bits per heavy atom. The number of hydrogen-bond donors (Lipinski definition) is 3. The van der Waals surface area contributed by atoms with Gasteiger partial charge < -0.3 is 15.8 Å². The van der Waals surface area contributed by atoms with Gasteiger partial charge in [-0.05, 0) is 36.8 Å². The van der Waals surface area contributed by atoms with Crippen molar-refractivity contribution in [2.24, 2.45) is 5.73 Å². The summed E-state index contributed by atoms with van der Waals surface area (Å²) in [4.78, 5) is 16.8. The van der Waals surface area contributed by atoms with E-state index >= 15 is 0 Å². The van der Waals surface area contributed by atoms with Gasteiger partial charge >= 0.3 is 0 Å². The van der Waals surface area contributed by atoms with Gasteiger partial charge in [-0.2, -0.15) is 0 Å². The monoisotopic (exact) mass is 460 g/mol. The lowest BCUT2D eigenvalue weighted by Crippen LogP contribution is -2.31. The Morgan fingerprint density at radius 3 is 2.34 bits per heavy atom. The highest BCUT2D eigenvalue weighted by atomic mass is 35.5. The second kappa shape index (κ2) is 11.3. The predicted molar refractivity (Wildman–Crippen MR) is 121 cm³/mol. The third kappa shape index (κ3) is 5.87. The van der Waals surface area contributed by atoms with E-state index in [4.69, 9.17) is 15.9 Å². The lowest BCUT2D eigenvalue weighted by atomic mass is 10.0. The molecule has 1 heterocycles. The number of pyridine rings is 1. The van der Waals surface area contributed by atoms with Crippen LogP contribution in [-0.2, 0) is 16.1 Å². The maximum atomic E-state index is 14.9. The number of rotatable bonds is 8. The number of hydrogen-bond acceptors (Lipinski definition) is 4. The topological polar surface area (TPSA) is 101 Å². The Bertz CT molecular complexity index is 1060. The molecule has 0 saturated carbocycles. The van der Waals surface area contributed by atoms with Gasteiger partial charge in [-0.1, -0.05) is 30.3 Å². The standard InChI is InChI=1S/C23H22F2N4O2.ClH/c1-2-31-21(23(30)29-13-14-6-8-15(9-7-14)22(26)27)20-17(24)11-16(12-18(20)25)19-5-3-4-10-28-19;/h3-12,21H,2,13H2,1H3,(H3,26,27)(H,29,30);1H. The van der Waals surface area contributed by atoms with Crippen LogP contribution in [0, 0.1) is 17.0 Å². The number of ether oxygens (including phenoxy) is 1. The minimum Gasteiger partial charge on any atom is -0.384 e. The Kier molecular flexibility index (Phi) is 8.80. The number of amidine groups is 1. The van der Waals surface area contributed by atoms with E-state index in [0.29, 0.717) is 11.3 Å². The van der Waals surface area contributed by atoms with E-state index in [9.17, 15) is 13.6 Å². The van der Waals surface area contributed by atoms with Crippen molar-refractivity contribution in [3.63, 3.8) is 0 Å². The van der Waals surface area contributed by atoms with Crippen LogP contribution in [0.25, 0.3) is 11.3 Å². The molecule has 0 spiro atoms. The maximum absolute atomic E-state index is 14.9. The van der Waals surface area contributed by atoms with Gasteiger partial charge in [0.25, 0.3) is 5.91 Å². The van der Waals surface area contributed by atoms with E-state index in [1.807, 2.05) is 0 Å². The zero-order valence-electron chi connectivity index (χ0n) is 17.3. The molecule has 4 N–H and O–H groups in total. The molecule has 168 valence electrons. The van der Waals surface area contributed by atoms with E-state index in [2.05, 4.69) is 10.3 Å². The van der Waals surface area contributed by atoms with Crippen molar-refractivity contribution in [1.82, 2.24) is 10.3 Å². The van der Waals surface area contributed by atoms with E-state index in [1.54, 1.807) is 49.4 Å². The van der Waals surface area contributed by atoms with Gasteiger partial charge in [0, 0.05) is 30.5 Å². The quantitative estimate of drug-likeness (QED) is 0.347. The highest BCUT2D eigenvalue weighted by Crippen LogP contribution is 2.29. The van der Waals surface area contributed by atoms with Gasteiger partial charge in [0.15, 0.2) is 6.10 Å². The molecule has 1 unspecified atom stereocenters. The molecule has 0 saturated heterocycles. The summed E-state index contributed by atoms with van der Waals surface area (Å²) < 4.78 is 35.1. The molecule has 0 radical (unpaired) electrons. The van der Waals surface area contributed by atoms with Gasteiger partial charge in [-0.25, -0.2) is 8.78 Å². The number of carbonyl (C=O) groups excluding carboxylic acids is 1. The molecule has 1 atom stereocenters. The highest BCUT2D eigenvalue weighted by Gasteiger charge is 2.28. The zero-order valence-corrected chi connectivity index (χ0v) is 18.1. The SMILES string of the molecule is CCOC(C(=O)NCc1ccc(C(=N)N)cc1)c1c(F)cc(-c2ccccn2)cc1F.Cl. The Morgan fingerprint density at radius 1 is 1.16 bits per heavy atom. The maximum Gasteiger partial charge on any atom is 0.254 e. The second-order valence-electron chi connectivity index (χ2n) is 6.73. The summed E-state index contributed by atoms with van der Waals surface area (Å²) >= 11 is 0. The molecular formula is C23H23ClF2N4O2. The first-order valence-electron chi connectivity index (χ1n) is 9.63. The lowest BCUT2D eigenvalue weighted by Gasteiger charge is -2.19. The zero-order chi connectivity index (χ0) is 22.4. The largest absolute Gasteiger partial charge is 0.384 e. The second-order valence-corrected chi connectivity index (χ2v) is 6.73. The van der Waals surface area contributed by atoms with Crippen molar-refractivity contribution < 1.29 is 18.3 Å². The number of nitrogens with one attached hydrogen (secondary N) is 2. The molecule has 2 aromatic carbocycles. The third-order valence-corrected chi connectivity index (χ3v) is 4.61. The van der Waals surface area contributed by atoms with Crippen LogP contribution in [0.4, 0.5) is 8.78 Å². The van der Waals surface area contributed by atoms with Crippen molar-refractivity contribution in [3.8, 4) is 11.3 Å². The first kappa shape index (κ1) is 24.9. The molecule has 6 nitrogen and oxygen atoms in total. The van der Waals surface area contributed by atoms with Gasteiger partial charge in [0.05, 0.1) is 11.3 Å². The van der Waals surface area contributed by atoms with Crippen molar-refractivity contribution >= 4 is 24.1 Å². The smallest absolute Gasteiger partial charge is 0.254 e. The number of nitrogens with two attached hydrogens (primary N) is 1. The minimum absolute atomic E-state index is 0. The van der Waals surface area contributed by atoms with Crippen LogP contribution in [0.15, 0.2) is 60.8 Å². The minimum atomic E-state index is -1.45. The summed E-state index contributed by atoms with van der Waals surface area (Å²) in [5.74, 6) is -2.51. The summed E-state index contributed by atoms with van der Waals surface area (Å²) in [5, 5.41) is 10.0. The number of amides is 1. The van der Waals surface area contributed by atoms with Crippen molar-refractivity contribution in [2.45, 2.75) is 19.6 Å². The first-order chi connectivity index (χ1) is 14.9. The van der Waals surface area contributed by atoms with Crippen LogP contribution < -0.4 is 11.1 Å². The fraction of sp³-hybridized carbons (Fsp3) is 0.174. The highest BCUT2D eigenvalue weighted by molar-refractivity contribution is 5.94. The number of carbonyl (C=O) groups is 1. The van der Waals surface area contributed by atoms with Crippen LogP contribution in [0.1, 0.15) is 29.7 Å². The number of benzene rings is 2. The summed E-state index contributed by atoms with van der Waals surface area (Å²) in [6.45, 7) is 1.85. The molecule has 0 bridgehead atoms. The first-order valence-corrected chi connectivity index (χ1v) is 9.63. The van der Waals surface area contributed by atoms with Crippen LogP contribution in [0.2, 0.25) is 0 Å². The summed E-state index contributed by atoms with van der Waals surface area (Å²) in [7, 11) is 0. The molecule has 3 aromatic rings. The fourth-order valence-electron chi connectivity index (χ4n) is 3.06. The van der Waals surface area contributed by atoms with Gasteiger partial charge in [0.2, 0.25) is 0 Å². The van der Waals surface area contributed by atoms with Crippen LogP contribution in [0.5, 0.6) is 0 Å². The number of aromatic nitrogens is 1. The fourth-order valence-corrected chi connectivity index (χ4v) is 3.06. The summed E-state index contributed by atoms with van der Waals surface area (Å²) in [6.07, 6.45) is 0.0811. The van der Waals surface area contributed by atoms with Crippen LogP contribution in [-0.4, -0.2) is 23.3 Å². The molecule has 0 aliphatic carbocycles. The molecule has 9 heteroatoms. The molecule has 0 aliphatic rings. The van der Waals surface area contributed by atoms with Gasteiger partial charge in [-0.15, -0.1) is 12.4 Å². The average molecular weight is 461 g/mol. The van der Waals surface area contributed by atoms with Gasteiger partial charge in [0.1, 0.15) is 17.5 Å². The van der Waals surface area contributed by atoms with E-state index in [0.717, 1.165) is 17.7 Å². The van der Waals surface area contributed by atoms with Crippen LogP contribution in [0.3, 0.4) is 0 Å². The Labute approximate surface area is 190 Å². The number of halogens is 3. The van der Waals surface area contributed by atoms with Crippen molar-refractivity contribution in [1.29, 1.82) is 5.41 Å². The Balaban J connectivity index is 0.00000363. The predicted octanol–water partition coefficient (Wildman–Crippen LogP) is 4.13. The molecule has 1 aromatic heterocycles. The molecule has 32 heavy (non-hydrogen) atoms. The van der Waals surface area contributed by atoms with E-state index in [-0.39, 0.29) is 37.0 Å². The van der Waals surface area contributed by atoms with E-state index in [1.165, 1.54) is 6.20 Å².